The van der Waals surface area contributed by atoms with E-state index in [-0.39, 0.29) is 12.1 Å². The molecule has 6 nitrogen and oxygen atoms in total. The van der Waals surface area contributed by atoms with Gasteiger partial charge in [-0.05, 0) is 38.5 Å². The van der Waals surface area contributed by atoms with Gasteiger partial charge in [0, 0.05) is 23.5 Å². The average Bonchev–Trinajstić information content (AvgIpc) is 2.86. The van der Waals surface area contributed by atoms with Crippen LogP contribution in [0.3, 0.4) is 0 Å². The normalized spacial score (nSPS) is 18.0. The van der Waals surface area contributed by atoms with Crippen LogP contribution in [0.15, 0.2) is 24.3 Å². The fourth-order valence-corrected chi connectivity index (χ4v) is 3.05. The van der Waals surface area contributed by atoms with Crippen molar-refractivity contribution in [2.75, 3.05) is 25.1 Å². The van der Waals surface area contributed by atoms with Crippen LogP contribution in [0.2, 0.25) is 0 Å². The fourth-order valence-electron chi connectivity index (χ4n) is 3.05. The third-order valence-electron chi connectivity index (χ3n) is 4.18. The number of anilines is 1. The summed E-state index contributed by atoms with van der Waals surface area (Å²) in [5, 5.41) is 10.2. The standard InChI is InChI=1S/C17H22N4O2/c1-11-5-4-6-14(9-11)18-17(22)21-7-8-23-10-15(21)16-12(2)19-20-13(16)3/h4-6,9,15H,7-8,10H2,1-3H3,(H,18,22)(H,19,20)/t15-/m1/s1. The van der Waals surface area contributed by atoms with Crippen LogP contribution in [-0.4, -0.2) is 40.9 Å². The molecule has 0 aliphatic carbocycles. The van der Waals surface area contributed by atoms with Crippen molar-refractivity contribution in [2.24, 2.45) is 0 Å². The Morgan fingerprint density at radius 2 is 2.22 bits per heavy atom. The number of carbonyl (C=O) groups excluding carboxylic acids is 1. The van der Waals surface area contributed by atoms with Crippen LogP contribution in [0.1, 0.15) is 28.6 Å². The Hall–Kier alpha value is -2.34. The highest BCUT2D eigenvalue weighted by molar-refractivity contribution is 5.89. The minimum atomic E-state index is -0.118. The fraction of sp³-hybridized carbons (Fsp3) is 0.412. The SMILES string of the molecule is Cc1cccc(NC(=O)N2CCOC[C@@H]2c2c(C)n[nH]c2C)c1. The number of aryl methyl sites for hydroxylation is 3. The average molecular weight is 314 g/mol. The molecular formula is C17H22N4O2. The Bertz CT molecular complexity index is 691. The molecule has 2 heterocycles. The number of carbonyl (C=O) groups is 1. The molecule has 0 bridgehead atoms. The lowest BCUT2D eigenvalue weighted by Crippen LogP contribution is -2.45. The smallest absolute Gasteiger partial charge is 0.322 e. The number of nitrogens with zero attached hydrogens (tertiary/aromatic N) is 2. The molecule has 1 saturated heterocycles. The van der Waals surface area contributed by atoms with E-state index in [2.05, 4.69) is 15.5 Å². The van der Waals surface area contributed by atoms with E-state index in [1.165, 1.54) is 0 Å². The molecule has 1 aromatic carbocycles. The highest BCUT2D eigenvalue weighted by atomic mass is 16.5. The molecule has 2 aromatic rings. The van der Waals surface area contributed by atoms with Gasteiger partial charge in [-0.15, -0.1) is 0 Å². The number of hydrogen-bond acceptors (Lipinski definition) is 3. The molecule has 1 aliphatic rings. The zero-order valence-electron chi connectivity index (χ0n) is 13.7. The first-order valence-corrected chi connectivity index (χ1v) is 7.80. The topological polar surface area (TPSA) is 70.2 Å². The Morgan fingerprint density at radius 3 is 2.91 bits per heavy atom. The van der Waals surface area contributed by atoms with Gasteiger partial charge in [0.25, 0.3) is 0 Å². The number of aromatic nitrogens is 2. The number of H-pyrrole nitrogens is 1. The first-order valence-electron chi connectivity index (χ1n) is 7.80. The molecule has 0 radical (unpaired) electrons. The Balaban J connectivity index is 1.82. The van der Waals surface area contributed by atoms with Gasteiger partial charge in [0.2, 0.25) is 0 Å². The van der Waals surface area contributed by atoms with Crippen molar-refractivity contribution in [3.8, 4) is 0 Å². The summed E-state index contributed by atoms with van der Waals surface area (Å²) < 4.78 is 5.60. The van der Waals surface area contributed by atoms with Crippen LogP contribution in [0.5, 0.6) is 0 Å². The molecule has 23 heavy (non-hydrogen) atoms. The van der Waals surface area contributed by atoms with E-state index in [4.69, 9.17) is 4.74 Å². The van der Waals surface area contributed by atoms with Gasteiger partial charge in [-0.25, -0.2) is 4.79 Å². The van der Waals surface area contributed by atoms with Gasteiger partial charge in [-0.2, -0.15) is 5.10 Å². The van der Waals surface area contributed by atoms with E-state index < -0.39 is 0 Å². The predicted octanol–water partition coefficient (Wildman–Crippen LogP) is 2.94. The van der Waals surface area contributed by atoms with Gasteiger partial charge in [-0.1, -0.05) is 12.1 Å². The summed E-state index contributed by atoms with van der Waals surface area (Å²) in [6, 6.07) is 7.57. The van der Waals surface area contributed by atoms with Crippen molar-refractivity contribution >= 4 is 11.7 Å². The Labute approximate surface area is 135 Å². The molecule has 6 heteroatoms. The number of ether oxygens (including phenoxy) is 1. The lowest BCUT2D eigenvalue weighted by molar-refractivity contribution is 0.0143. The maximum absolute atomic E-state index is 12.7. The molecule has 122 valence electrons. The number of hydrogen-bond donors (Lipinski definition) is 2. The van der Waals surface area contributed by atoms with E-state index >= 15 is 0 Å². The highest BCUT2D eigenvalue weighted by Gasteiger charge is 2.31. The number of morpholine rings is 1. The van der Waals surface area contributed by atoms with Crippen LogP contribution in [-0.2, 0) is 4.74 Å². The van der Waals surface area contributed by atoms with Gasteiger partial charge in [0.1, 0.15) is 0 Å². The van der Waals surface area contributed by atoms with Crippen LogP contribution >= 0.6 is 0 Å². The summed E-state index contributed by atoms with van der Waals surface area (Å²) in [6.45, 7) is 7.53. The minimum absolute atomic E-state index is 0.107. The summed E-state index contributed by atoms with van der Waals surface area (Å²) in [5.74, 6) is 0. The third kappa shape index (κ3) is 3.22. The van der Waals surface area contributed by atoms with E-state index in [1.54, 1.807) is 0 Å². The molecule has 0 saturated carbocycles. The second-order valence-electron chi connectivity index (χ2n) is 5.93. The van der Waals surface area contributed by atoms with Gasteiger partial charge in [0.15, 0.2) is 0 Å². The lowest BCUT2D eigenvalue weighted by atomic mass is 10.0. The number of amides is 2. The Morgan fingerprint density at radius 1 is 1.39 bits per heavy atom. The molecule has 3 rings (SSSR count). The third-order valence-corrected chi connectivity index (χ3v) is 4.18. The van der Waals surface area contributed by atoms with Crippen molar-refractivity contribution in [2.45, 2.75) is 26.8 Å². The predicted molar refractivity (Wildman–Crippen MR) is 88.5 cm³/mol. The molecule has 1 aliphatic heterocycles. The lowest BCUT2D eigenvalue weighted by Gasteiger charge is -2.36. The molecule has 1 aromatic heterocycles. The van der Waals surface area contributed by atoms with Crippen LogP contribution < -0.4 is 5.32 Å². The van der Waals surface area contributed by atoms with Crippen molar-refractivity contribution < 1.29 is 9.53 Å². The number of benzene rings is 1. The number of urea groups is 1. The van der Waals surface area contributed by atoms with E-state index in [0.717, 1.165) is 28.2 Å². The molecule has 2 amide bonds. The molecule has 1 fully saturated rings. The molecular weight excluding hydrogens is 292 g/mol. The minimum Gasteiger partial charge on any atom is -0.377 e. The maximum Gasteiger partial charge on any atom is 0.322 e. The van der Waals surface area contributed by atoms with E-state index in [9.17, 15) is 4.79 Å². The van der Waals surface area contributed by atoms with Crippen LogP contribution in [0.25, 0.3) is 0 Å². The van der Waals surface area contributed by atoms with Crippen molar-refractivity contribution in [1.82, 2.24) is 15.1 Å². The first-order chi connectivity index (χ1) is 11.1. The van der Waals surface area contributed by atoms with Gasteiger partial charge >= 0.3 is 6.03 Å². The second kappa shape index (κ2) is 6.42. The quantitative estimate of drug-likeness (QED) is 0.895. The second-order valence-corrected chi connectivity index (χ2v) is 5.93. The van der Waals surface area contributed by atoms with Gasteiger partial charge in [-0.3, -0.25) is 5.10 Å². The van der Waals surface area contributed by atoms with E-state index in [1.807, 2.05) is 49.9 Å². The summed E-state index contributed by atoms with van der Waals surface area (Å²) in [5.41, 5.74) is 4.85. The summed E-state index contributed by atoms with van der Waals surface area (Å²) in [4.78, 5) is 14.6. The largest absolute Gasteiger partial charge is 0.377 e. The monoisotopic (exact) mass is 314 g/mol. The molecule has 2 N–H and O–H groups in total. The van der Waals surface area contributed by atoms with Crippen LogP contribution in [0, 0.1) is 20.8 Å². The highest BCUT2D eigenvalue weighted by Crippen LogP contribution is 2.29. The summed E-state index contributed by atoms with van der Waals surface area (Å²) in [7, 11) is 0. The Kier molecular flexibility index (Phi) is 4.34. The van der Waals surface area contributed by atoms with Crippen molar-refractivity contribution in [3.05, 3.63) is 46.8 Å². The van der Waals surface area contributed by atoms with Crippen molar-refractivity contribution in [1.29, 1.82) is 0 Å². The van der Waals surface area contributed by atoms with Gasteiger partial charge < -0.3 is 15.0 Å². The van der Waals surface area contributed by atoms with E-state index in [0.29, 0.717) is 19.8 Å². The summed E-state index contributed by atoms with van der Waals surface area (Å²) in [6.07, 6.45) is 0. The summed E-state index contributed by atoms with van der Waals surface area (Å²) >= 11 is 0. The first kappa shape index (κ1) is 15.6. The zero-order valence-corrected chi connectivity index (χ0v) is 13.7. The number of rotatable bonds is 2. The molecule has 1 atom stereocenters. The zero-order chi connectivity index (χ0) is 16.4. The molecule has 0 spiro atoms. The van der Waals surface area contributed by atoms with Crippen LogP contribution in [0.4, 0.5) is 10.5 Å². The molecule has 0 unspecified atom stereocenters. The number of aromatic amines is 1. The van der Waals surface area contributed by atoms with Crippen molar-refractivity contribution in [3.63, 3.8) is 0 Å². The maximum atomic E-state index is 12.7. The van der Waals surface area contributed by atoms with Gasteiger partial charge in [0.05, 0.1) is 24.9 Å². The number of nitrogens with one attached hydrogen (secondary N) is 2.